The van der Waals surface area contributed by atoms with Crippen LogP contribution < -0.4 is 5.32 Å². The van der Waals surface area contributed by atoms with E-state index in [9.17, 15) is 4.79 Å². The molecule has 78 valence electrons. The van der Waals surface area contributed by atoms with E-state index in [2.05, 4.69) is 5.32 Å². The minimum Gasteiger partial charge on any atom is -0.348 e. The first-order valence-corrected chi connectivity index (χ1v) is 5.88. The molecule has 0 radical (unpaired) electrons. The highest BCUT2D eigenvalue weighted by Crippen LogP contribution is 2.14. The lowest BCUT2D eigenvalue weighted by Gasteiger charge is -2.15. The lowest BCUT2D eigenvalue weighted by molar-refractivity contribution is 0.0939. The zero-order valence-corrected chi connectivity index (χ0v) is 10.1. The van der Waals surface area contributed by atoms with Gasteiger partial charge in [0.05, 0.1) is 10.9 Å². The fourth-order valence-electron chi connectivity index (χ4n) is 0.993. The molecule has 2 nitrogen and oxygen atoms in total. The van der Waals surface area contributed by atoms with Crippen LogP contribution in [0.4, 0.5) is 0 Å². The first-order chi connectivity index (χ1) is 6.52. The van der Waals surface area contributed by atoms with E-state index in [1.807, 2.05) is 31.5 Å². The standard InChI is InChI=1S/C10H14ClNOS/c1-6-4-14-5-9(6)10(13)12-8(3)7(2)11/h4-5,7-8H,1-3H3,(H,12,13). The Kier molecular flexibility index (Phi) is 3.96. The number of halogens is 1. The van der Waals surface area contributed by atoms with E-state index in [0.717, 1.165) is 11.1 Å². The number of carbonyl (C=O) groups is 1. The molecule has 0 aromatic carbocycles. The molecule has 0 aliphatic carbocycles. The molecule has 14 heavy (non-hydrogen) atoms. The number of carbonyl (C=O) groups excluding carboxylic acids is 1. The molecule has 0 saturated carbocycles. The third-order valence-electron chi connectivity index (χ3n) is 2.15. The molecular formula is C10H14ClNOS. The van der Waals surface area contributed by atoms with Crippen molar-refractivity contribution in [2.24, 2.45) is 0 Å². The van der Waals surface area contributed by atoms with E-state index in [-0.39, 0.29) is 17.3 Å². The first kappa shape index (κ1) is 11.5. The topological polar surface area (TPSA) is 29.1 Å². The molecule has 1 aromatic heterocycles. The maximum atomic E-state index is 11.7. The molecular weight excluding hydrogens is 218 g/mol. The average Bonchev–Trinajstić information content (AvgIpc) is 2.51. The lowest BCUT2D eigenvalue weighted by Crippen LogP contribution is -2.37. The highest BCUT2D eigenvalue weighted by Gasteiger charge is 2.15. The zero-order valence-electron chi connectivity index (χ0n) is 8.50. The van der Waals surface area contributed by atoms with Crippen molar-refractivity contribution in [3.8, 4) is 0 Å². The van der Waals surface area contributed by atoms with E-state index in [1.165, 1.54) is 11.3 Å². The van der Waals surface area contributed by atoms with Crippen LogP contribution in [0.15, 0.2) is 10.8 Å². The van der Waals surface area contributed by atoms with Crippen molar-refractivity contribution < 1.29 is 4.79 Å². The third kappa shape index (κ3) is 2.72. The number of hydrogen-bond acceptors (Lipinski definition) is 2. The van der Waals surface area contributed by atoms with Crippen molar-refractivity contribution in [3.05, 3.63) is 21.9 Å². The Hall–Kier alpha value is -0.540. The summed E-state index contributed by atoms with van der Waals surface area (Å²) in [6, 6.07) is -0.0107. The Morgan fingerprint density at radius 3 is 2.57 bits per heavy atom. The number of nitrogens with one attached hydrogen (secondary N) is 1. The Balaban J connectivity index is 2.64. The Morgan fingerprint density at radius 1 is 1.50 bits per heavy atom. The third-order valence-corrected chi connectivity index (χ3v) is 3.39. The first-order valence-electron chi connectivity index (χ1n) is 4.50. The Morgan fingerprint density at radius 2 is 2.14 bits per heavy atom. The van der Waals surface area contributed by atoms with Crippen LogP contribution in [0.3, 0.4) is 0 Å². The Labute approximate surface area is 93.3 Å². The molecule has 0 spiro atoms. The Bertz CT molecular complexity index is 322. The predicted molar refractivity (Wildman–Crippen MR) is 61.3 cm³/mol. The van der Waals surface area contributed by atoms with Gasteiger partial charge >= 0.3 is 0 Å². The fourth-order valence-corrected chi connectivity index (χ4v) is 1.88. The summed E-state index contributed by atoms with van der Waals surface area (Å²) in [6.07, 6.45) is 0. The maximum absolute atomic E-state index is 11.7. The summed E-state index contributed by atoms with van der Waals surface area (Å²) in [5.41, 5.74) is 1.76. The van der Waals surface area contributed by atoms with Gasteiger partial charge in [-0.1, -0.05) is 0 Å². The summed E-state index contributed by atoms with van der Waals surface area (Å²) in [7, 11) is 0. The van der Waals surface area contributed by atoms with Gasteiger partial charge in [0.15, 0.2) is 0 Å². The van der Waals surface area contributed by atoms with Crippen LogP contribution in [0.1, 0.15) is 29.8 Å². The number of thiophene rings is 1. The van der Waals surface area contributed by atoms with Crippen LogP contribution in [0.2, 0.25) is 0 Å². The van der Waals surface area contributed by atoms with Gasteiger partial charge in [0.2, 0.25) is 0 Å². The fraction of sp³-hybridized carbons (Fsp3) is 0.500. The van der Waals surface area contributed by atoms with Crippen LogP contribution in [0.5, 0.6) is 0 Å². The molecule has 0 fully saturated rings. The molecule has 1 rings (SSSR count). The molecule has 1 N–H and O–H groups in total. The van der Waals surface area contributed by atoms with Crippen LogP contribution in [-0.4, -0.2) is 17.3 Å². The molecule has 1 heterocycles. The van der Waals surface area contributed by atoms with Crippen LogP contribution >= 0.6 is 22.9 Å². The van der Waals surface area contributed by atoms with Crippen molar-refractivity contribution in [1.82, 2.24) is 5.32 Å². The number of hydrogen-bond donors (Lipinski definition) is 1. The SMILES string of the molecule is Cc1cscc1C(=O)NC(C)C(C)Cl. The van der Waals surface area contributed by atoms with Gasteiger partial charge < -0.3 is 5.32 Å². The van der Waals surface area contributed by atoms with Crippen molar-refractivity contribution in [1.29, 1.82) is 0 Å². The second-order valence-corrected chi connectivity index (χ2v) is 4.84. The quantitative estimate of drug-likeness (QED) is 0.797. The minimum absolute atomic E-state index is 0.0107. The molecule has 0 aliphatic heterocycles. The van der Waals surface area contributed by atoms with Crippen molar-refractivity contribution in [2.45, 2.75) is 32.2 Å². The van der Waals surface area contributed by atoms with Gasteiger partial charge in [-0.15, -0.1) is 11.6 Å². The highest BCUT2D eigenvalue weighted by molar-refractivity contribution is 7.08. The van der Waals surface area contributed by atoms with Crippen molar-refractivity contribution >= 4 is 28.8 Å². The summed E-state index contributed by atoms with van der Waals surface area (Å²) in [5.74, 6) is -0.0382. The normalized spacial score (nSPS) is 14.9. The zero-order chi connectivity index (χ0) is 10.7. The van der Waals surface area contributed by atoms with Crippen molar-refractivity contribution in [3.63, 3.8) is 0 Å². The summed E-state index contributed by atoms with van der Waals surface area (Å²) in [6.45, 7) is 5.70. The second-order valence-electron chi connectivity index (χ2n) is 3.41. The monoisotopic (exact) mass is 231 g/mol. The predicted octanol–water partition coefficient (Wildman–Crippen LogP) is 2.80. The van der Waals surface area contributed by atoms with Gasteiger partial charge in [0.25, 0.3) is 5.91 Å². The van der Waals surface area contributed by atoms with E-state index in [0.29, 0.717) is 0 Å². The molecule has 4 heteroatoms. The van der Waals surface area contributed by atoms with Crippen LogP contribution in [0, 0.1) is 6.92 Å². The molecule has 0 bridgehead atoms. The van der Waals surface area contributed by atoms with Gasteiger partial charge in [-0.3, -0.25) is 4.79 Å². The molecule has 0 aliphatic rings. The minimum atomic E-state index is -0.0575. The van der Waals surface area contributed by atoms with Gasteiger partial charge in [-0.2, -0.15) is 11.3 Å². The number of rotatable bonds is 3. The van der Waals surface area contributed by atoms with E-state index in [4.69, 9.17) is 11.6 Å². The smallest absolute Gasteiger partial charge is 0.252 e. The maximum Gasteiger partial charge on any atom is 0.252 e. The van der Waals surface area contributed by atoms with E-state index < -0.39 is 0 Å². The molecule has 1 aromatic rings. The molecule has 2 atom stereocenters. The van der Waals surface area contributed by atoms with Gasteiger partial charge in [0, 0.05) is 11.4 Å². The molecule has 2 unspecified atom stereocenters. The lowest BCUT2D eigenvalue weighted by atomic mass is 10.2. The molecule has 1 amide bonds. The van der Waals surface area contributed by atoms with Gasteiger partial charge in [-0.05, 0) is 31.7 Å². The largest absolute Gasteiger partial charge is 0.348 e. The summed E-state index contributed by atoms with van der Waals surface area (Å²) < 4.78 is 0. The van der Waals surface area contributed by atoms with Crippen LogP contribution in [-0.2, 0) is 0 Å². The summed E-state index contributed by atoms with van der Waals surface area (Å²) >= 11 is 7.40. The van der Waals surface area contributed by atoms with E-state index >= 15 is 0 Å². The second kappa shape index (κ2) is 4.80. The number of aryl methyl sites for hydroxylation is 1. The van der Waals surface area contributed by atoms with Crippen LogP contribution in [0.25, 0.3) is 0 Å². The van der Waals surface area contributed by atoms with E-state index in [1.54, 1.807) is 0 Å². The summed E-state index contributed by atoms with van der Waals surface area (Å²) in [4.78, 5) is 11.7. The van der Waals surface area contributed by atoms with Gasteiger partial charge in [0.1, 0.15) is 0 Å². The average molecular weight is 232 g/mol. The number of amides is 1. The number of alkyl halides is 1. The van der Waals surface area contributed by atoms with Gasteiger partial charge in [-0.25, -0.2) is 0 Å². The van der Waals surface area contributed by atoms with Crippen molar-refractivity contribution in [2.75, 3.05) is 0 Å². The molecule has 0 saturated heterocycles. The highest BCUT2D eigenvalue weighted by atomic mass is 35.5. The summed E-state index contributed by atoms with van der Waals surface area (Å²) in [5, 5.41) is 6.62.